The summed E-state index contributed by atoms with van der Waals surface area (Å²) in [5.74, 6) is -1.64. The Kier molecular flexibility index (Phi) is 4.36. The number of anilines is 1. The highest BCUT2D eigenvalue weighted by atomic mass is 35.5. The molecule has 4 nitrogen and oxygen atoms in total. The number of benzene rings is 2. The third kappa shape index (κ3) is 2.90. The zero-order valence-corrected chi connectivity index (χ0v) is 13.5. The standard InChI is InChI=1S/C18H14ClFN2O2/c1-11(12-5-3-2-4-6-12)21-16-15(19)17(23)22(18(16)24)14-9-7-13(20)8-10-14/h2-11,21H,1H3. The molecule has 1 unspecified atom stereocenters. The van der Waals surface area contributed by atoms with Crippen molar-refractivity contribution >= 4 is 29.1 Å². The Morgan fingerprint density at radius 2 is 1.62 bits per heavy atom. The van der Waals surface area contributed by atoms with Crippen molar-refractivity contribution in [3.63, 3.8) is 0 Å². The summed E-state index contributed by atoms with van der Waals surface area (Å²) >= 11 is 6.06. The maximum absolute atomic E-state index is 13.0. The fourth-order valence-electron chi connectivity index (χ4n) is 2.49. The van der Waals surface area contributed by atoms with Crippen molar-refractivity contribution in [3.05, 3.63) is 76.7 Å². The molecule has 0 radical (unpaired) electrons. The van der Waals surface area contributed by atoms with Crippen LogP contribution in [0.4, 0.5) is 10.1 Å². The van der Waals surface area contributed by atoms with Gasteiger partial charge in [0.15, 0.2) is 0 Å². The summed E-state index contributed by atoms with van der Waals surface area (Å²) in [6.07, 6.45) is 0. The van der Waals surface area contributed by atoms with Crippen molar-refractivity contribution in [2.24, 2.45) is 0 Å². The van der Waals surface area contributed by atoms with Gasteiger partial charge in [-0.25, -0.2) is 9.29 Å². The molecule has 1 aliphatic heterocycles. The van der Waals surface area contributed by atoms with E-state index in [9.17, 15) is 14.0 Å². The van der Waals surface area contributed by atoms with Gasteiger partial charge in [-0.05, 0) is 36.8 Å². The first-order valence-corrected chi connectivity index (χ1v) is 7.72. The Hall–Kier alpha value is -2.66. The van der Waals surface area contributed by atoms with Gasteiger partial charge in [-0.1, -0.05) is 41.9 Å². The number of hydrogen-bond donors (Lipinski definition) is 1. The molecule has 2 amide bonds. The first-order chi connectivity index (χ1) is 11.5. The van der Waals surface area contributed by atoms with E-state index in [0.717, 1.165) is 10.5 Å². The topological polar surface area (TPSA) is 49.4 Å². The number of nitrogens with one attached hydrogen (secondary N) is 1. The van der Waals surface area contributed by atoms with Crippen LogP contribution in [-0.2, 0) is 9.59 Å². The Labute approximate surface area is 143 Å². The quantitative estimate of drug-likeness (QED) is 0.864. The second-order valence-electron chi connectivity index (χ2n) is 5.39. The van der Waals surface area contributed by atoms with Crippen LogP contribution < -0.4 is 10.2 Å². The molecule has 0 spiro atoms. The van der Waals surface area contributed by atoms with Crippen molar-refractivity contribution in [2.75, 3.05) is 4.90 Å². The summed E-state index contributed by atoms with van der Waals surface area (Å²) in [5.41, 5.74) is 1.27. The SMILES string of the molecule is CC(NC1=C(Cl)C(=O)N(c2ccc(F)cc2)C1=O)c1ccccc1. The highest BCUT2D eigenvalue weighted by molar-refractivity contribution is 6.52. The van der Waals surface area contributed by atoms with Crippen LogP contribution in [0.3, 0.4) is 0 Å². The number of amides is 2. The number of carbonyl (C=O) groups excluding carboxylic acids is 2. The lowest BCUT2D eigenvalue weighted by Gasteiger charge is -2.18. The largest absolute Gasteiger partial charge is 0.373 e. The second-order valence-corrected chi connectivity index (χ2v) is 5.77. The summed E-state index contributed by atoms with van der Waals surface area (Å²) in [7, 11) is 0. The Balaban J connectivity index is 1.85. The van der Waals surface area contributed by atoms with E-state index in [1.54, 1.807) is 0 Å². The van der Waals surface area contributed by atoms with Gasteiger partial charge in [0.05, 0.1) is 5.69 Å². The molecule has 2 aromatic carbocycles. The average molecular weight is 345 g/mol. The van der Waals surface area contributed by atoms with E-state index in [1.165, 1.54) is 24.3 Å². The molecule has 0 aromatic heterocycles. The summed E-state index contributed by atoms with van der Waals surface area (Å²) in [6, 6.07) is 14.4. The number of halogens is 2. The lowest BCUT2D eigenvalue weighted by Crippen LogP contribution is -2.34. The predicted octanol–water partition coefficient (Wildman–Crippen LogP) is 3.50. The number of imide groups is 1. The number of hydrogen-bond acceptors (Lipinski definition) is 3. The van der Waals surface area contributed by atoms with Gasteiger partial charge in [0.2, 0.25) is 0 Å². The molecule has 1 heterocycles. The van der Waals surface area contributed by atoms with E-state index in [1.807, 2.05) is 37.3 Å². The predicted molar refractivity (Wildman–Crippen MR) is 89.8 cm³/mol. The maximum atomic E-state index is 13.0. The van der Waals surface area contributed by atoms with Crippen LogP contribution in [0.5, 0.6) is 0 Å². The summed E-state index contributed by atoms with van der Waals surface area (Å²) in [5, 5.41) is 2.82. The Morgan fingerprint density at radius 3 is 2.25 bits per heavy atom. The summed E-state index contributed by atoms with van der Waals surface area (Å²) in [6.45, 7) is 1.87. The van der Waals surface area contributed by atoms with Crippen LogP contribution in [0.1, 0.15) is 18.5 Å². The van der Waals surface area contributed by atoms with Gasteiger partial charge in [-0.2, -0.15) is 0 Å². The van der Waals surface area contributed by atoms with Crippen molar-refractivity contribution in [1.29, 1.82) is 0 Å². The van der Waals surface area contributed by atoms with Gasteiger partial charge in [0.1, 0.15) is 16.5 Å². The number of nitrogens with zero attached hydrogens (tertiary/aromatic N) is 1. The van der Waals surface area contributed by atoms with E-state index in [4.69, 9.17) is 11.6 Å². The number of carbonyl (C=O) groups is 2. The molecule has 0 saturated heterocycles. The normalized spacial score (nSPS) is 15.9. The first-order valence-electron chi connectivity index (χ1n) is 7.34. The number of rotatable bonds is 4. The third-order valence-electron chi connectivity index (χ3n) is 3.77. The minimum Gasteiger partial charge on any atom is -0.373 e. The van der Waals surface area contributed by atoms with Crippen LogP contribution in [0.2, 0.25) is 0 Å². The van der Waals surface area contributed by atoms with Crippen molar-refractivity contribution in [3.8, 4) is 0 Å². The maximum Gasteiger partial charge on any atom is 0.283 e. The van der Waals surface area contributed by atoms with Crippen LogP contribution in [-0.4, -0.2) is 11.8 Å². The minimum atomic E-state index is -0.629. The molecular weight excluding hydrogens is 331 g/mol. The van der Waals surface area contributed by atoms with Gasteiger partial charge in [0, 0.05) is 6.04 Å². The van der Waals surface area contributed by atoms with Crippen LogP contribution in [0, 0.1) is 5.82 Å². The minimum absolute atomic E-state index is 0.0438. The van der Waals surface area contributed by atoms with E-state index in [0.29, 0.717) is 0 Å². The van der Waals surface area contributed by atoms with Gasteiger partial charge < -0.3 is 5.32 Å². The fourth-order valence-corrected chi connectivity index (χ4v) is 2.71. The lowest BCUT2D eigenvalue weighted by atomic mass is 10.1. The molecule has 0 bridgehead atoms. The van der Waals surface area contributed by atoms with E-state index >= 15 is 0 Å². The van der Waals surface area contributed by atoms with Crippen molar-refractivity contribution in [1.82, 2.24) is 5.32 Å². The fraction of sp³-hybridized carbons (Fsp3) is 0.111. The molecule has 3 rings (SSSR count). The zero-order valence-electron chi connectivity index (χ0n) is 12.8. The molecule has 0 saturated carbocycles. The smallest absolute Gasteiger partial charge is 0.283 e. The molecule has 6 heteroatoms. The van der Waals surface area contributed by atoms with E-state index in [2.05, 4.69) is 5.32 Å². The molecule has 1 atom stereocenters. The highest BCUT2D eigenvalue weighted by Crippen LogP contribution is 2.29. The van der Waals surface area contributed by atoms with Gasteiger partial charge >= 0.3 is 0 Å². The highest BCUT2D eigenvalue weighted by Gasteiger charge is 2.39. The Morgan fingerprint density at radius 1 is 1.00 bits per heavy atom. The van der Waals surface area contributed by atoms with E-state index < -0.39 is 17.6 Å². The van der Waals surface area contributed by atoms with Gasteiger partial charge in [0.25, 0.3) is 11.8 Å². The third-order valence-corrected chi connectivity index (χ3v) is 4.12. The van der Waals surface area contributed by atoms with Crippen LogP contribution in [0.15, 0.2) is 65.3 Å². The molecule has 1 aliphatic rings. The Bertz CT molecular complexity index is 819. The van der Waals surface area contributed by atoms with Crippen molar-refractivity contribution < 1.29 is 14.0 Å². The molecule has 1 N–H and O–H groups in total. The zero-order chi connectivity index (χ0) is 17.3. The second kappa shape index (κ2) is 6.45. The lowest BCUT2D eigenvalue weighted by molar-refractivity contribution is -0.120. The van der Waals surface area contributed by atoms with Gasteiger partial charge in [-0.3, -0.25) is 9.59 Å². The average Bonchev–Trinajstić information content (AvgIpc) is 2.80. The molecule has 2 aromatic rings. The van der Waals surface area contributed by atoms with E-state index in [-0.39, 0.29) is 22.5 Å². The van der Waals surface area contributed by atoms with Gasteiger partial charge in [-0.15, -0.1) is 0 Å². The van der Waals surface area contributed by atoms with Crippen molar-refractivity contribution in [2.45, 2.75) is 13.0 Å². The van der Waals surface area contributed by atoms with Crippen LogP contribution in [0.25, 0.3) is 0 Å². The molecular formula is C18H14ClFN2O2. The molecule has 24 heavy (non-hydrogen) atoms. The summed E-state index contributed by atoms with van der Waals surface area (Å²) in [4.78, 5) is 25.8. The molecule has 0 aliphatic carbocycles. The first kappa shape index (κ1) is 16.2. The summed E-state index contributed by atoms with van der Waals surface area (Å²) < 4.78 is 13.0. The van der Waals surface area contributed by atoms with Crippen LogP contribution >= 0.6 is 11.6 Å². The molecule has 0 fully saturated rings. The monoisotopic (exact) mass is 344 g/mol. The molecule has 122 valence electrons.